The summed E-state index contributed by atoms with van der Waals surface area (Å²) >= 11 is 0. The molecule has 1 N–H and O–H groups in total. The van der Waals surface area contributed by atoms with E-state index in [1.54, 1.807) is 13.8 Å². The van der Waals surface area contributed by atoms with Gasteiger partial charge in [0.05, 0.1) is 42.3 Å². The lowest BCUT2D eigenvalue weighted by atomic mass is 9.79. The summed E-state index contributed by atoms with van der Waals surface area (Å²) in [5, 5.41) is 14.7. The van der Waals surface area contributed by atoms with Crippen LogP contribution in [0.25, 0.3) is 0 Å². The number of rotatable bonds is 4. The second kappa shape index (κ2) is 7.22. The quantitative estimate of drug-likeness (QED) is 0.466. The van der Waals surface area contributed by atoms with Gasteiger partial charge in [0.25, 0.3) is 5.69 Å². The highest BCUT2D eigenvalue weighted by molar-refractivity contribution is 6.00. The van der Waals surface area contributed by atoms with Crippen LogP contribution >= 0.6 is 0 Å². The third-order valence-corrected chi connectivity index (χ3v) is 4.60. The van der Waals surface area contributed by atoms with Gasteiger partial charge in [-0.25, -0.2) is 9.59 Å². The topological polar surface area (TPSA) is 126 Å². The predicted octanol–water partition coefficient (Wildman–Crippen LogP) is 1.90. The van der Waals surface area contributed by atoms with Crippen molar-refractivity contribution < 1.29 is 33.5 Å². The van der Waals surface area contributed by atoms with Gasteiger partial charge in [-0.05, 0) is 19.9 Å². The summed E-state index contributed by atoms with van der Waals surface area (Å²) in [5.74, 6) is -2.05. The number of dihydropyridines is 1. The maximum absolute atomic E-state index is 12.5. The van der Waals surface area contributed by atoms with Gasteiger partial charge in [0.1, 0.15) is 0 Å². The number of hydrogen-bond acceptors (Lipinski definition) is 9. The molecule has 10 nitrogen and oxygen atoms in total. The van der Waals surface area contributed by atoms with Crippen LogP contribution in [0.2, 0.25) is 0 Å². The first-order chi connectivity index (χ1) is 13.3. The molecule has 10 heteroatoms. The fourth-order valence-electron chi connectivity index (χ4n) is 3.40. The number of esters is 2. The van der Waals surface area contributed by atoms with Gasteiger partial charge in [-0.3, -0.25) is 10.1 Å². The first-order valence-electron chi connectivity index (χ1n) is 8.23. The summed E-state index contributed by atoms with van der Waals surface area (Å²) in [6.45, 7) is 3.16. The minimum absolute atomic E-state index is 0.0652. The van der Waals surface area contributed by atoms with Gasteiger partial charge >= 0.3 is 11.9 Å². The Labute approximate surface area is 159 Å². The molecule has 0 amide bonds. The monoisotopic (exact) mass is 390 g/mol. The molecule has 1 aromatic rings. The van der Waals surface area contributed by atoms with Crippen LogP contribution < -0.4 is 14.8 Å². The third-order valence-electron chi connectivity index (χ3n) is 4.60. The predicted molar refractivity (Wildman–Crippen MR) is 94.5 cm³/mol. The molecule has 0 aromatic heterocycles. The Kier molecular flexibility index (Phi) is 4.95. The number of nitro groups is 1. The van der Waals surface area contributed by atoms with Crippen molar-refractivity contribution in [1.82, 2.24) is 5.32 Å². The van der Waals surface area contributed by atoms with Crippen LogP contribution in [0, 0.1) is 10.1 Å². The highest BCUT2D eigenvalue weighted by Gasteiger charge is 2.41. The summed E-state index contributed by atoms with van der Waals surface area (Å²) < 4.78 is 20.3. The molecule has 0 fully saturated rings. The van der Waals surface area contributed by atoms with Crippen LogP contribution in [0.3, 0.4) is 0 Å². The number of nitro benzene ring substituents is 1. The molecule has 0 radical (unpaired) electrons. The second-order valence-corrected chi connectivity index (χ2v) is 6.14. The maximum Gasteiger partial charge on any atom is 0.336 e. The van der Waals surface area contributed by atoms with E-state index in [-0.39, 0.29) is 40.7 Å². The van der Waals surface area contributed by atoms with E-state index in [4.69, 9.17) is 18.9 Å². The normalized spacial score (nSPS) is 16.0. The Morgan fingerprint density at radius 1 is 1.07 bits per heavy atom. The van der Waals surface area contributed by atoms with Crippen molar-refractivity contribution in [2.75, 3.05) is 21.0 Å². The Balaban J connectivity index is 2.33. The number of methoxy groups -OCH3 is 2. The van der Waals surface area contributed by atoms with E-state index >= 15 is 0 Å². The average molecular weight is 390 g/mol. The molecule has 2 heterocycles. The number of fused-ring (bicyclic) bond motifs is 1. The molecule has 0 unspecified atom stereocenters. The molecule has 1 aromatic carbocycles. The van der Waals surface area contributed by atoms with Crippen LogP contribution in [-0.4, -0.2) is 37.9 Å². The van der Waals surface area contributed by atoms with E-state index in [0.717, 1.165) is 0 Å². The van der Waals surface area contributed by atoms with Crippen LogP contribution in [-0.2, 0) is 19.1 Å². The number of hydrogen-bond donors (Lipinski definition) is 1. The van der Waals surface area contributed by atoms with E-state index in [9.17, 15) is 19.7 Å². The number of benzene rings is 1. The van der Waals surface area contributed by atoms with E-state index in [1.807, 2.05) is 0 Å². The molecular formula is C18H18N2O8. The summed E-state index contributed by atoms with van der Waals surface area (Å²) in [6.07, 6.45) is 0. The second-order valence-electron chi connectivity index (χ2n) is 6.14. The molecule has 2 aliphatic heterocycles. The van der Waals surface area contributed by atoms with Gasteiger partial charge in [-0.1, -0.05) is 0 Å². The van der Waals surface area contributed by atoms with Crippen molar-refractivity contribution in [1.29, 1.82) is 0 Å². The number of nitrogens with one attached hydrogen (secondary N) is 1. The van der Waals surface area contributed by atoms with Crippen LogP contribution in [0.4, 0.5) is 5.69 Å². The van der Waals surface area contributed by atoms with Crippen molar-refractivity contribution in [3.8, 4) is 11.5 Å². The maximum atomic E-state index is 12.5. The standard InChI is InChI=1S/C18H18N2O8/c1-8-14(17(21)25-3)16(15(9(2)19-8)18(22)26-4)10-5-12-13(28-7-27-12)6-11(10)20(23)24/h5-6,16,19H,7H2,1-4H3. The minimum Gasteiger partial charge on any atom is -0.466 e. The Bertz CT molecular complexity index is 909. The average Bonchev–Trinajstić information content (AvgIpc) is 3.12. The van der Waals surface area contributed by atoms with Crippen molar-refractivity contribution in [2.45, 2.75) is 19.8 Å². The van der Waals surface area contributed by atoms with Gasteiger partial charge in [0.2, 0.25) is 6.79 Å². The molecule has 0 aliphatic carbocycles. The van der Waals surface area contributed by atoms with Gasteiger partial charge in [-0.15, -0.1) is 0 Å². The highest BCUT2D eigenvalue weighted by atomic mass is 16.7. The van der Waals surface area contributed by atoms with E-state index < -0.39 is 22.8 Å². The van der Waals surface area contributed by atoms with Gasteiger partial charge in [0, 0.05) is 17.0 Å². The number of carbonyl (C=O) groups excluding carboxylic acids is 2. The van der Waals surface area contributed by atoms with Crippen molar-refractivity contribution in [3.05, 3.63) is 50.4 Å². The summed E-state index contributed by atoms with van der Waals surface area (Å²) in [7, 11) is 2.38. The number of carbonyl (C=O) groups is 2. The first-order valence-corrected chi connectivity index (χ1v) is 8.23. The lowest BCUT2D eigenvalue weighted by Crippen LogP contribution is -2.32. The SMILES string of the molecule is COC(=O)C1=C(C)NC(C)=C(C(=O)OC)C1c1cc2c(cc1[N+](=O)[O-])OCO2. The van der Waals surface area contributed by atoms with Crippen LogP contribution in [0.15, 0.2) is 34.7 Å². The van der Waals surface area contributed by atoms with Crippen molar-refractivity contribution >= 4 is 17.6 Å². The lowest BCUT2D eigenvalue weighted by molar-refractivity contribution is -0.385. The molecular weight excluding hydrogens is 372 g/mol. The summed E-state index contributed by atoms with van der Waals surface area (Å²) in [5.41, 5.74) is 0.726. The van der Waals surface area contributed by atoms with E-state index in [1.165, 1.54) is 26.4 Å². The molecule has 0 atom stereocenters. The molecule has 0 bridgehead atoms. The van der Waals surface area contributed by atoms with Crippen molar-refractivity contribution in [2.24, 2.45) is 0 Å². The number of allylic oxidation sites excluding steroid dienone is 2. The largest absolute Gasteiger partial charge is 0.466 e. The van der Waals surface area contributed by atoms with E-state index in [2.05, 4.69) is 5.32 Å². The molecule has 28 heavy (non-hydrogen) atoms. The molecule has 148 valence electrons. The molecule has 0 saturated carbocycles. The Morgan fingerprint density at radius 3 is 2.04 bits per heavy atom. The fourth-order valence-corrected chi connectivity index (χ4v) is 3.40. The zero-order chi connectivity index (χ0) is 20.6. The zero-order valence-corrected chi connectivity index (χ0v) is 15.7. The zero-order valence-electron chi connectivity index (χ0n) is 15.7. The highest BCUT2D eigenvalue weighted by Crippen LogP contribution is 2.47. The molecule has 3 rings (SSSR count). The molecule has 2 aliphatic rings. The Morgan fingerprint density at radius 2 is 1.57 bits per heavy atom. The van der Waals surface area contributed by atoms with E-state index in [0.29, 0.717) is 11.4 Å². The fraction of sp³-hybridized carbons (Fsp3) is 0.333. The third kappa shape index (κ3) is 3.02. The molecule has 0 spiro atoms. The van der Waals surface area contributed by atoms with Gasteiger partial charge < -0.3 is 24.3 Å². The molecule has 0 saturated heterocycles. The number of nitrogens with zero attached hydrogens (tertiary/aromatic N) is 1. The minimum atomic E-state index is -1.09. The van der Waals surface area contributed by atoms with Crippen molar-refractivity contribution in [3.63, 3.8) is 0 Å². The first kappa shape index (κ1) is 19.2. The summed E-state index contributed by atoms with van der Waals surface area (Å²) in [6, 6.07) is 2.62. The van der Waals surface area contributed by atoms with Gasteiger partial charge in [-0.2, -0.15) is 0 Å². The number of ether oxygens (including phenoxy) is 4. The smallest absolute Gasteiger partial charge is 0.336 e. The van der Waals surface area contributed by atoms with Gasteiger partial charge in [0.15, 0.2) is 11.5 Å². The van der Waals surface area contributed by atoms with Crippen LogP contribution in [0.5, 0.6) is 11.5 Å². The summed E-state index contributed by atoms with van der Waals surface area (Å²) in [4.78, 5) is 36.2. The Hall–Kier alpha value is -3.56. The van der Waals surface area contributed by atoms with Crippen LogP contribution in [0.1, 0.15) is 25.3 Å². The lowest BCUT2D eigenvalue weighted by Gasteiger charge is -2.29.